The molecular weight excluding hydrogens is 440 g/mol. The number of carbonyl (C=O) groups excluding carboxylic acids is 3. The van der Waals surface area contributed by atoms with Gasteiger partial charge >= 0.3 is 5.97 Å². The highest BCUT2D eigenvalue weighted by Gasteiger charge is 2.53. The molecule has 0 bridgehead atoms. The van der Waals surface area contributed by atoms with Gasteiger partial charge in [0.25, 0.3) is 5.91 Å². The minimum Gasteiger partial charge on any atom is -0.497 e. The highest BCUT2D eigenvalue weighted by atomic mass is 32.2. The number of aryl methyl sites for hydroxylation is 1. The number of thioether (sulfide) groups is 1. The summed E-state index contributed by atoms with van der Waals surface area (Å²) in [7, 11) is 1.61. The lowest BCUT2D eigenvalue weighted by Gasteiger charge is -2.49. The third kappa shape index (κ3) is 5.06. The number of nitrogens with one attached hydrogen (secondary N) is 1. The molecule has 1 fully saturated rings. The average Bonchev–Trinajstić information content (AvgIpc) is 2.85. The first-order valence-electron chi connectivity index (χ1n) is 10.8. The van der Waals surface area contributed by atoms with Crippen molar-refractivity contribution in [2.45, 2.75) is 37.8 Å². The first-order chi connectivity index (χ1) is 16.0. The van der Waals surface area contributed by atoms with Crippen molar-refractivity contribution in [2.75, 3.05) is 12.9 Å². The van der Waals surface area contributed by atoms with E-state index in [2.05, 4.69) is 5.32 Å². The largest absolute Gasteiger partial charge is 0.497 e. The van der Waals surface area contributed by atoms with Crippen molar-refractivity contribution >= 4 is 29.5 Å². The van der Waals surface area contributed by atoms with Crippen LogP contribution < -0.4 is 10.1 Å². The Hall–Kier alpha value is -3.26. The highest BCUT2D eigenvalue weighted by Crippen LogP contribution is 2.40. The van der Waals surface area contributed by atoms with Crippen molar-refractivity contribution in [3.05, 3.63) is 77.0 Å². The van der Waals surface area contributed by atoms with Crippen LogP contribution in [0.2, 0.25) is 0 Å². The fourth-order valence-electron chi connectivity index (χ4n) is 3.85. The summed E-state index contributed by atoms with van der Waals surface area (Å²) >= 11 is 1.54. The van der Waals surface area contributed by atoms with Crippen LogP contribution in [-0.2, 0) is 32.1 Å². The molecule has 172 valence electrons. The number of benzene rings is 2. The number of hydrogen-bond donors (Lipinski definition) is 1. The topological polar surface area (TPSA) is 84.9 Å². The summed E-state index contributed by atoms with van der Waals surface area (Å²) < 4.78 is 10.6. The van der Waals surface area contributed by atoms with Crippen molar-refractivity contribution in [2.24, 2.45) is 0 Å². The van der Waals surface area contributed by atoms with Crippen LogP contribution in [0.3, 0.4) is 0 Å². The lowest BCUT2D eigenvalue weighted by Crippen LogP contribution is -2.70. The molecule has 7 nitrogen and oxygen atoms in total. The van der Waals surface area contributed by atoms with E-state index in [-0.39, 0.29) is 30.2 Å². The number of carbonyl (C=O) groups is 3. The molecule has 2 aromatic carbocycles. The van der Waals surface area contributed by atoms with E-state index in [1.165, 1.54) is 16.7 Å². The SMILES string of the molecule is COc1ccc(CCC(=O)NC2C(=O)N3C(C(=O)OCc4ccccc4)=C(C)CSC23)cc1. The molecule has 2 aliphatic heterocycles. The van der Waals surface area contributed by atoms with Crippen molar-refractivity contribution in [3.63, 3.8) is 0 Å². The molecule has 2 atom stereocenters. The Kier molecular flexibility index (Phi) is 7.03. The molecular formula is C25H26N2O5S. The molecule has 1 saturated heterocycles. The lowest BCUT2D eigenvalue weighted by molar-refractivity contribution is -0.153. The van der Waals surface area contributed by atoms with E-state index in [4.69, 9.17) is 9.47 Å². The normalized spacial score (nSPS) is 19.5. The first kappa shape index (κ1) is 22.9. The second kappa shape index (κ2) is 10.1. The van der Waals surface area contributed by atoms with Gasteiger partial charge in [0.05, 0.1) is 7.11 Å². The summed E-state index contributed by atoms with van der Waals surface area (Å²) in [6.45, 7) is 1.97. The van der Waals surface area contributed by atoms with Crippen LogP contribution in [0, 0.1) is 0 Å². The minimum atomic E-state index is -0.636. The summed E-state index contributed by atoms with van der Waals surface area (Å²) in [6, 6.07) is 16.3. The Bertz CT molecular complexity index is 1070. The van der Waals surface area contributed by atoms with Gasteiger partial charge in [-0.3, -0.25) is 14.5 Å². The molecule has 8 heteroatoms. The van der Waals surface area contributed by atoms with Crippen LogP contribution in [0.5, 0.6) is 5.75 Å². The Morgan fingerprint density at radius 2 is 1.82 bits per heavy atom. The van der Waals surface area contributed by atoms with Crippen LogP contribution in [0.1, 0.15) is 24.5 Å². The van der Waals surface area contributed by atoms with Gasteiger partial charge < -0.3 is 14.8 Å². The quantitative estimate of drug-likeness (QED) is 0.476. The van der Waals surface area contributed by atoms with E-state index in [0.717, 1.165) is 22.4 Å². The second-order valence-electron chi connectivity index (χ2n) is 7.99. The van der Waals surface area contributed by atoms with Gasteiger partial charge in [-0.2, -0.15) is 0 Å². The molecule has 2 heterocycles. The first-order valence-corrected chi connectivity index (χ1v) is 11.8. The number of methoxy groups -OCH3 is 1. The molecule has 33 heavy (non-hydrogen) atoms. The number of β-lactam (4-membered cyclic amide) rings is 1. The number of hydrogen-bond acceptors (Lipinski definition) is 6. The zero-order valence-corrected chi connectivity index (χ0v) is 19.4. The minimum absolute atomic E-state index is 0.141. The monoisotopic (exact) mass is 466 g/mol. The van der Waals surface area contributed by atoms with Crippen molar-refractivity contribution in [1.29, 1.82) is 0 Å². The summed E-state index contributed by atoms with van der Waals surface area (Å²) in [5.74, 6) is 0.376. The Labute approximate surface area is 197 Å². The number of rotatable bonds is 8. The predicted molar refractivity (Wildman–Crippen MR) is 125 cm³/mol. The molecule has 2 aliphatic rings. The van der Waals surface area contributed by atoms with Crippen LogP contribution in [-0.4, -0.2) is 47.0 Å². The molecule has 2 aromatic rings. The van der Waals surface area contributed by atoms with Gasteiger partial charge in [0.2, 0.25) is 5.91 Å². The van der Waals surface area contributed by atoms with Gasteiger partial charge in [-0.15, -0.1) is 11.8 Å². The maximum atomic E-state index is 12.9. The summed E-state index contributed by atoms with van der Waals surface area (Å²) in [4.78, 5) is 39.6. The van der Waals surface area contributed by atoms with Crippen LogP contribution in [0.15, 0.2) is 65.9 Å². The molecule has 1 N–H and O–H groups in total. The average molecular weight is 467 g/mol. The van der Waals surface area contributed by atoms with Crippen LogP contribution in [0.4, 0.5) is 0 Å². The Morgan fingerprint density at radius 3 is 2.52 bits per heavy atom. The van der Waals surface area contributed by atoms with Gasteiger partial charge in [0.1, 0.15) is 29.5 Å². The molecule has 2 amide bonds. The number of ether oxygens (including phenoxy) is 2. The summed E-state index contributed by atoms with van der Waals surface area (Å²) in [5, 5.41) is 2.54. The number of fused-ring (bicyclic) bond motifs is 1. The number of amides is 2. The van der Waals surface area contributed by atoms with E-state index < -0.39 is 12.0 Å². The Morgan fingerprint density at radius 1 is 1.09 bits per heavy atom. The molecule has 4 rings (SSSR count). The maximum Gasteiger partial charge on any atom is 0.355 e. The summed E-state index contributed by atoms with van der Waals surface area (Å²) in [6.07, 6.45) is 0.836. The van der Waals surface area contributed by atoms with Gasteiger partial charge in [-0.05, 0) is 42.2 Å². The van der Waals surface area contributed by atoms with Gasteiger partial charge in [0.15, 0.2) is 0 Å². The van der Waals surface area contributed by atoms with E-state index in [0.29, 0.717) is 17.9 Å². The lowest BCUT2D eigenvalue weighted by atomic mass is 10.0. The standard InChI is InChI=1S/C25H26N2O5S/c1-16-15-33-24-21(26-20(28)13-10-17-8-11-19(31-2)12-9-17)23(29)27(24)22(16)25(30)32-14-18-6-4-3-5-7-18/h3-9,11-12,21,24H,10,13-15H2,1-2H3,(H,26,28). The van der Waals surface area contributed by atoms with Gasteiger partial charge in [-0.25, -0.2) is 4.79 Å². The predicted octanol–water partition coefficient (Wildman–Crippen LogP) is 3.05. The maximum absolute atomic E-state index is 12.9. The molecule has 0 aliphatic carbocycles. The third-order valence-electron chi connectivity index (χ3n) is 5.68. The van der Waals surface area contributed by atoms with E-state index >= 15 is 0 Å². The molecule has 0 radical (unpaired) electrons. The van der Waals surface area contributed by atoms with Crippen molar-refractivity contribution in [3.8, 4) is 5.75 Å². The van der Waals surface area contributed by atoms with Crippen LogP contribution in [0.25, 0.3) is 0 Å². The van der Waals surface area contributed by atoms with E-state index in [1.807, 2.05) is 61.5 Å². The van der Waals surface area contributed by atoms with Crippen LogP contribution >= 0.6 is 11.8 Å². The van der Waals surface area contributed by atoms with Gasteiger partial charge in [0, 0.05) is 12.2 Å². The highest BCUT2D eigenvalue weighted by molar-refractivity contribution is 8.00. The van der Waals surface area contributed by atoms with E-state index in [1.54, 1.807) is 7.11 Å². The molecule has 0 saturated carbocycles. The summed E-state index contributed by atoms with van der Waals surface area (Å²) in [5.41, 5.74) is 2.99. The number of esters is 1. The smallest absolute Gasteiger partial charge is 0.355 e. The molecule has 0 aromatic heterocycles. The van der Waals surface area contributed by atoms with E-state index in [9.17, 15) is 14.4 Å². The third-order valence-corrected chi connectivity index (χ3v) is 7.11. The van der Waals surface area contributed by atoms with Crippen molar-refractivity contribution < 1.29 is 23.9 Å². The van der Waals surface area contributed by atoms with Gasteiger partial charge in [-0.1, -0.05) is 42.5 Å². The fraction of sp³-hybridized carbons (Fsp3) is 0.320. The van der Waals surface area contributed by atoms with Crippen molar-refractivity contribution in [1.82, 2.24) is 10.2 Å². The zero-order valence-electron chi connectivity index (χ0n) is 18.6. The number of nitrogens with zero attached hydrogens (tertiary/aromatic N) is 1. The second-order valence-corrected chi connectivity index (χ2v) is 9.10. The zero-order chi connectivity index (χ0) is 23.4. The fourth-order valence-corrected chi connectivity index (χ4v) is 5.14. The molecule has 2 unspecified atom stereocenters. The Balaban J connectivity index is 1.32. The molecule has 0 spiro atoms.